The molecule has 0 aliphatic carbocycles. The number of hydrogen-bond donors (Lipinski definition) is 0. The molecule has 0 spiro atoms. The average Bonchev–Trinajstić information content (AvgIpc) is 3.12. The van der Waals surface area contributed by atoms with E-state index in [9.17, 15) is 9.59 Å². The van der Waals surface area contributed by atoms with Gasteiger partial charge >= 0.3 is 11.9 Å². The molecule has 0 bridgehead atoms. The lowest BCUT2D eigenvalue weighted by Crippen LogP contribution is -2.08. The van der Waals surface area contributed by atoms with Gasteiger partial charge in [-0.15, -0.1) is 0 Å². The zero-order chi connectivity index (χ0) is 33.6. The highest BCUT2D eigenvalue weighted by Gasteiger charge is 2.29. The molecular formula is C38H32O8P2. The topological polar surface area (TPSA) is 89.5 Å². The zero-order valence-electron chi connectivity index (χ0n) is 26.7. The van der Waals surface area contributed by atoms with E-state index in [-0.39, 0.29) is 22.6 Å². The first-order valence-electron chi connectivity index (χ1n) is 15.0. The van der Waals surface area contributed by atoms with Crippen LogP contribution in [0.5, 0.6) is 23.0 Å². The van der Waals surface area contributed by atoms with Gasteiger partial charge in [-0.1, -0.05) is 84.9 Å². The van der Waals surface area contributed by atoms with Crippen LogP contribution >= 0.6 is 18.1 Å². The Kier molecular flexibility index (Phi) is 10.1. The molecule has 0 aliphatic heterocycles. The van der Waals surface area contributed by atoms with E-state index >= 15 is 0 Å². The van der Waals surface area contributed by atoms with Crippen molar-refractivity contribution in [2.45, 2.75) is 13.8 Å². The van der Waals surface area contributed by atoms with Crippen molar-refractivity contribution in [3.8, 4) is 34.1 Å². The van der Waals surface area contributed by atoms with Gasteiger partial charge in [-0.3, -0.25) is 0 Å². The minimum atomic E-state index is -0.599. The van der Waals surface area contributed by atoms with Crippen LogP contribution in [0.4, 0.5) is 0 Å². The Labute approximate surface area is 281 Å². The third-order valence-corrected chi connectivity index (χ3v) is 9.02. The average molecular weight is 679 g/mol. The van der Waals surface area contributed by atoms with Gasteiger partial charge in [0.15, 0.2) is 0 Å². The summed E-state index contributed by atoms with van der Waals surface area (Å²) in [6, 6.07) is 33.9. The van der Waals surface area contributed by atoms with E-state index in [1.54, 1.807) is 12.1 Å². The molecule has 0 heterocycles. The highest BCUT2D eigenvalue weighted by atomic mass is 31.1. The number of aryl methyl sites for hydroxylation is 2. The van der Waals surface area contributed by atoms with Crippen LogP contribution in [0.25, 0.3) is 32.7 Å². The molecule has 2 unspecified atom stereocenters. The van der Waals surface area contributed by atoms with E-state index in [0.29, 0.717) is 22.6 Å². The molecule has 48 heavy (non-hydrogen) atoms. The van der Waals surface area contributed by atoms with Crippen LogP contribution < -0.4 is 18.1 Å². The Morgan fingerprint density at radius 1 is 0.500 bits per heavy atom. The van der Waals surface area contributed by atoms with Crippen molar-refractivity contribution in [2.24, 2.45) is 0 Å². The number of carbonyl (C=O) groups is 2. The van der Waals surface area contributed by atoms with Gasteiger partial charge in [-0.25, -0.2) is 9.59 Å². The second-order valence-corrected chi connectivity index (χ2v) is 11.9. The van der Waals surface area contributed by atoms with Gasteiger partial charge in [0.05, 0.1) is 14.2 Å². The first-order chi connectivity index (χ1) is 23.4. The van der Waals surface area contributed by atoms with E-state index in [4.69, 9.17) is 27.6 Å². The van der Waals surface area contributed by atoms with Crippen LogP contribution in [0.1, 0.15) is 31.8 Å². The predicted molar refractivity (Wildman–Crippen MR) is 191 cm³/mol. The van der Waals surface area contributed by atoms with Gasteiger partial charge in [0.1, 0.15) is 34.1 Å². The lowest BCUT2D eigenvalue weighted by molar-refractivity contribution is 0.0589. The second-order valence-electron chi connectivity index (χ2n) is 10.8. The van der Waals surface area contributed by atoms with E-state index in [1.165, 1.54) is 14.2 Å². The third kappa shape index (κ3) is 6.64. The molecule has 10 heteroatoms. The summed E-state index contributed by atoms with van der Waals surface area (Å²) in [5.74, 6) is 0.529. The summed E-state index contributed by atoms with van der Waals surface area (Å²) in [5, 5.41) is 3.00. The van der Waals surface area contributed by atoms with Crippen molar-refractivity contribution in [1.82, 2.24) is 0 Å². The summed E-state index contributed by atoms with van der Waals surface area (Å²) >= 11 is 0. The van der Waals surface area contributed by atoms with Crippen LogP contribution in [0.3, 0.4) is 0 Å². The van der Waals surface area contributed by atoms with Gasteiger partial charge in [-0.2, -0.15) is 0 Å². The smallest absolute Gasteiger partial charge is 0.341 e. The van der Waals surface area contributed by atoms with Crippen molar-refractivity contribution in [2.75, 3.05) is 14.2 Å². The fourth-order valence-electron chi connectivity index (χ4n) is 5.45. The number of benzene rings is 6. The SMILES string of the molecule is COC(=O)c1cc2ccccc2c(-c2c(OPOc3ccccc3C)c(C(=O)OC)cc3ccccc23)c1OPOc1ccccc1C. The normalized spacial score (nSPS) is 11.3. The monoisotopic (exact) mass is 678 g/mol. The van der Waals surface area contributed by atoms with Crippen molar-refractivity contribution in [3.63, 3.8) is 0 Å². The maximum Gasteiger partial charge on any atom is 0.341 e. The van der Waals surface area contributed by atoms with Crippen LogP contribution in [-0.2, 0) is 9.47 Å². The van der Waals surface area contributed by atoms with Crippen LogP contribution in [-0.4, -0.2) is 26.2 Å². The lowest BCUT2D eigenvalue weighted by Gasteiger charge is -2.22. The first kappa shape index (κ1) is 32.8. The van der Waals surface area contributed by atoms with E-state index in [2.05, 4.69) is 0 Å². The van der Waals surface area contributed by atoms with Crippen molar-refractivity contribution >= 4 is 51.6 Å². The highest BCUT2D eigenvalue weighted by Crippen LogP contribution is 2.51. The Bertz CT molecular complexity index is 1990. The third-order valence-electron chi connectivity index (χ3n) is 7.84. The molecule has 0 aromatic heterocycles. The molecule has 0 aliphatic rings. The number of fused-ring (bicyclic) bond motifs is 2. The second kappa shape index (κ2) is 14.7. The molecule has 0 N–H and O–H groups in total. The fraction of sp³-hybridized carbons (Fsp3) is 0.105. The molecule has 0 amide bonds. The number of rotatable bonds is 11. The molecular weight excluding hydrogens is 646 g/mol. The van der Waals surface area contributed by atoms with Crippen LogP contribution in [0.15, 0.2) is 109 Å². The van der Waals surface area contributed by atoms with Gasteiger partial charge in [0, 0.05) is 11.1 Å². The summed E-state index contributed by atoms with van der Waals surface area (Å²) < 4.78 is 35.5. The molecule has 242 valence electrons. The molecule has 0 fully saturated rings. The maximum atomic E-state index is 13.4. The minimum Gasteiger partial charge on any atom is -0.465 e. The standard InChI is InChI=1S/C38H32O8P2/c1-23-13-5-11-19-31(23)43-47-45-35-29(37(39)41-3)21-25-15-7-9-17-27(25)33(35)34-28-18-10-8-16-26(28)22-30(38(40)42-4)36(34)46-48-44-32-20-12-6-14-24(32)2/h5-22,47-48H,1-4H3. The molecule has 0 saturated heterocycles. The van der Waals surface area contributed by atoms with E-state index < -0.39 is 30.0 Å². The van der Waals surface area contributed by atoms with Gasteiger partial charge < -0.3 is 27.6 Å². The number of esters is 2. The number of hydrogen-bond acceptors (Lipinski definition) is 8. The fourth-order valence-corrected chi connectivity index (χ4v) is 6.76. The minimum absolute atomic E-state index is 0.184. The lowest BCUT2D eigenvalue weighted by atomic mass is 9.89. The molecule has 6 rings (SSSR count). The van der Waals surface area contributed by atoms with E-state index in [0.717, 1.165) is 32.7 Å². The summed E-state index contributed by atoms with van der Waals surface area (Å²) in [6.45, 7) is 3.88. The number of para-hydroxylation sites is 2. The maximum absolute atomic E-state index is 13.4. The van der Waals surface area contributed by atoms with Crippen molar-refractivity contribution < 1.29 is 37.2 Å². The molecule has 0 saturated carbocycles. The molecule has 8 nitrogen and oxygen atoms in total. The van der Waals surface area contributed by atoms with Crippen LogP contribution in [0, 0.1) is 13.8 Å². The summed E-state index contributed by atoms with van der Waals surface area (Å²) in [4.78, 5) is 26.8. The summed E-state index contributed by atoms with van der Waals surface area (Å²) in [7, 11) is 1.58. The largest absolute Gasteiger partial charge is 0.465 e. The van der Waals surface area contributed by atoms with Crippen molar-refractivity contribution in [1.29, 1.82) is 0 Å². The summed E-state index contributed by atoms with van der Waals surface area (Å²) in [5.41, 5.74) is 3.28. The Balaban J connectivity index is 1.61. The number of ether oxygens (including phenoxy) is 2. The van der Waals surface area contributed by atoms with Gasteiger partial charge in [0.25, 0.3) is 18.1 Å². The Morgan fingerprint density at radius 3 is 1.27 bits per heavy atom. The highest BCUT2D eigenvalue weighted by molar-refractivity contribution is 7.27. The van der Waals surface area contributed by atoms with Gasteiger partial charge in [-0.05, 0) is 70.8 Å². The van der Waals surface area contributed by atoms with E-state index in [1.807, 2.05) is 111 Å². The Hall–Kier alpha value is -5.16. The Morgan fingerprint density at radius 2 is 0.875 bits per heavy atom. The first-order valence-corrected chi connectivity index (χ1v) is 16.6. The zero-order valence-corrected chi connectivity index (χ0v) is 28.7. The van der Waals surface area contributed by atoms with Crippen molar-refractivity contribution in [3.05, 3.63) is 131 Å². The number of carbonyl (C=O) groups excluding carboxylic acids is 2. The molecule has 2 atom stereocenters. The van der Waals surface area contributed by atoms with Gasteiger partial charge in [0.2, 0.25) is 0 Å². The summed E-state index contributed by atoms with van der Waals surface area (Å²) in [6.07, 6.45) is 0. The number of methoxy groups -OCH3 is 2. The molecule has 6 aromatic carbocycles. The van der Waals surface area contributed by atoms with Crippen LogP contribution in [0.2, 0.25) is 0 Å². The molecule has 6 aromatic rings. The predicted octanol–water partition coefficient (Wildman–Crippen LogP) is 9.78. The molecule has 0 radical (unpaired) electrons. The quantitative estimate of drug-likeness (QED) is 0.0989.